The normalized spacial score (nSPS) is 15.7. The fourth-order valence-corrected chi connectivity index (χ4v) is 2.84. The van der Waals surface area contributed by atoms with Crippen LogP contribution in [0.15, 0.2) is 22.7 Å². The third-order valence-electron chi connectivity index (χ3n) is 3.40. The molecule has 1 heterocycles. The van der Waals surface area contributed by atoms with Crippen molar-refractivity contribution in [2.45, 2.75) is 25.3 Å². The number of ether oxygens (including phenoxy) is 2. The largest absolute Gasteiger partial charge is 0.482 e. The Bertz CT molecular complexity index is 476. The summed E-state index contributed by atoms with van der Waals surface area (Å²) in [6, 6.07) is 5.98. The van der Waals surface area contributed by atoms with Crippen LogP contribution in [-0.2, 0) is 16.0 Å². The number of carbonyl (C=O) groups excluding carboxylic acids is 1. The summed E-state index contributed by atoms with van der Waals surface area (Å²) in [6.45, 7) is 1.96. The molecule has 1 amide bonds. The van der Waals surface area contributed by atoms with Crippen LogP contribution in [0.1, 0.15) is 18.4 Å². The first-order chi connectivity index (χ1) is 10.2. The van der Waals surface area contributed by atoms with Gasteiger partial charge in [-0.1, -0.05) is 12.1 Å². The van der Waals surface area contributed by atoms with Gasteiger partial charge in [0, 0.05) is 19.3 Å². The molecule has 0 atom stereocenters. The minimum absolute atomic E-state index is 0.0115. The summed E-state index contributed by atoms with van der Waals surface area (Å²) >= 11 is 3.45. The molecule has 1 saturated heterocycles. The topological polar surface area (TPSA) is 73.6 Å². The first-order valence-electron chi connectivity index (χ1n) is 7.18. The summed E-state index contributed by atoms with van der Waals surface area (Å²) in [6.07, 6.45) is 2.44. The maximum Gasteiger partial charge on any atom is 0.258 e. The van der Waals surface area contributed by atoms with Gasteiger partial charge in [0.05, 0.1) is 4.47 Å². The van der Waals surface area contributed by atoms with Crippen LogP contribution in [0.25, 0.3) is 0 Å². The highest BCUT2D eigenvalue weighted by atomic mass is 79.9. The molecule has 0 spiro atoms. The number of hydrogen-bond acceptors (Lipinski definition) is 4. The highest BCUT2D eigenvalue weighted by Gasteiger charge is 2.17. The second-order valence-electron chi connectivity index (χ2n) is 5.01. The molecule has 0 aliphatic carbocycles. The van der Waals surface area contributed by atoms with E-state index in [1.165, 1.54) is 0 Å². The van der Waals surface area contributed by atoms with Crippen LogP contribution >= 0.6 is 15.9 Å². The molecule has 1 aliphatic rings. The Kier molecular flexibility index (Phi) is 6.48. The van der Waals surface area contributed by atoms with Crippen molar-refractivity contribution in [2.75, 3.05) is 26.4 Å². The third-order valence-corrected chi connectivity index (χ3v) is 4.02. The number of nitrogens with one attached hydrogen (secondary N) is 1. The number of nitrogens with two attached hydrogens (primary N) is 1. The van der Waals surface area contributed by atoms with E-state index in [1.807, 2.05) is 18.2 Å². The quantitative estimate of drug-likeness (QED) is 0.812. The lowest BCUT2D eigenvalue weighted by molar-refractivity contribution is -0.124. The van der Waals surface area contributed by atoms with Crippen LogP contribution in [0.4, 0.5) is 0 Å². The molecule has 116 valence electrons. The van der Waals surface area contributed by atoms with Gasteiger partial charge in [-0.05, 0) is 53.4 Å². The maximum atomic E-state index is 11.9. The Hall–Kier alpha value is -1.11. The first kappa shape index (κ1) is 16.3. The van der Waals surface area contributed by atoms with Crippen molar-refractivity contribution in [2.24, 2.45) is 5.73 Å². The fraction of sp³-hybridized carbons (Fsp3) is 0.533. The molecule has 0 radical (unpaired) electrons. The van der Waals surface area contributed by atoms with E-state index in [9.17, 15) is 4.79 Å². The second kappa shape index (κ2) is 8.36. The molecule has 6 heteroatoms. The lowest BCUT2D eigenvalue weighted by atomic mass is 10.1. The van der Waals surface area contributed by atoms with E-state index in [0.717, 1.165) is 29.3 Å². The number of rotatable bonds is 6. The van der Waals surface area contributed by atoms with Crippen LogP contribution in [-0.4, -0.2) is 38.3 Å². The van der Waals surface area contributed by atoms with Crippen LogP contribution < -0.4 is 15.8 Å². The molecule has 0 bridgehead atoms. The Morgan fingerprint density at radius 2 is 2.19 bits per heavy atom. The molecule has 1 aliphatic heterocycles. The summed E-state index contributed by atoms with van der Waals surface area (Å²) in [4.78, 5) is 11.9. The van der Waals surface area contributed by atoms with Crippen molar-refractivity contribution < 1.29 is 14.3 Å². The highest BCUT2D eigenvalue weighted by Crippen LogP contribution is 2.29. The molecule has 5 nitrogen and oxygen atoms in total. The van der Waals surface area contributed by atoms with Gasteiger partial charge >= 0.3 is 0 Å². The number of carbonyl (C=O) groups is 1. The number of amides is 1. The number of halogens is 1. The van der Waals surface area contributed by atoms with Crippen molar-refractivity contribution in [3.05, 3.63) is 28.2 Å². The van der Waals surface area contributed by atoms with Gasteiger partial charge in [-0.3, -0.25) is 4.79 Å². The average Bonchev–Trinajstić information content (AvgIpc) is 2.48. The fourth-order valence-electron chi connectivity index (χ4n) is 2.32. The van der Waals surface area contributed by atoms with Gasteiger partial charge in [0.1, 0.15) is 5.75 Å². The second-order valence-corrected chi connectivity index (χ2v) is 5.86. The van der Waals surface area contributed by atoms with Gasteiger partial charge in [0.25, 0.3) is 5.91 Å². The van der Waals surface area contributed by atoms with Crippen molar-refractivity contribution in [1.29, 1.82) is 0 Å². The van der Waals surface area contributed by atoms with E-state index in [0.29, 0.717) is 25.5 Å². The van der Waals surface area contributed by atoms with Gasteiger partial charge in [-0.15, -0.1) is 0 Å². The zero-order valence-corrected chi connectivity index (χ0v) is 13.5. The highest BCUT2D eigenvalue weighted by molar-refractivity contribution is 9.10. The number of para-hydroxylation sites is 1. The van der Waals surface area contributed by atoms with Gasteiger partial charge in [-0.25, -0.2) is 0 Å². The van der Waals surface area contributed by atoms with Crippen LogP contribution in [0.3, 0.4) is 0 Å². The monoisotopic (exact) mass is 356 g/mol. The van der Waals surface area contributed by atoms with E-state index in [1.54, 1.807) is 0 Å². The molecule has 1 aromatic carbocycles. The molecule has 0 aromatic heterocycles. The minimum atomic E-state index is -0.101. The predicted octanol–water partition coefficient (Wildman–Crippen LogP) is 1.62. The van der Waals surface area contributed by atoms with Crippen LogP contribution in [0.5, 0.6) is 5.75 Å². The van der Waals surface area contributed by atoms with Crippen LogP contribution in [0.2, 0.25) is 0 Å². The van der Waals surface area contributed by atoms with E-state index in [2.05, 4.69) is 21.2 Å². The Morgan fingerprint density at radius 3 is 2.90 bits per heavy atom. The number of hydrogen-bond donors (Lipinski definition) is 2. The molecule has 0 unspecified atom stereocenters. The van der Waals surface area contributed by atoms with Crippen molar-refractivity contribution >= 4 is 21.8 Å². The van der Waals surface area contributed by atoms with E-state index >= 15 is 0 Å². The zero-order valence-electron chi connectivity index (χ0n) is 11.9. The SMILES string of the molecule is NCCc1cccc(Br)c1OCC(=O)NC1CCOCC1. The summed E-state index contributed by atoms with van der Waals surface area (Å²) in [5.74, 6) is 0.599. The Balaban J connectivity index is 1.88. The zero-order chi connectivity index (χ0) is 15.1. The summed E-state index contributed by atoms with van der Waals surface area (Å²) in [7, 11) is 0. The standard InChI is InChI=1S/C15H21BrN2O3/c16-13-3-1-2-11(4-7-17)15(13)21-10-14(19)18-12-5-8-20-9-6-12/h1-3,12H,4-10,17H2,(H,18,19). The Labute approximate surface area is 133 Å². The third kappa shape index (κ3) is 4.98. The van der Waals surface area contributed by atoms with Crippen molar-refractivity contribution in [3.63, 3.8) is 0 Å². The van der Waals surface area contributed by atoms with E-state index in [4.69, 9.17) is 15.2 Å². The maximum absolute atomic E-state index is 11.9. The average molecular weight is 357 g/mol. The molecule has 1 fully saturated rings. The predicted molar refractivity (Wildman–Crippen MR) is 84.4 cm³/mol. The van der Waals surface area contributed by atoms with Gasteiger partial charge in [-0.2, -0.15) is 0 Å². The molecule has 1 aromatic rings. The van der Waals surface area contributed by atoms with Crippen LogP contribution in [0, 0.1) is 0 Å². The first-order valence-corrected chi connectivity index (χ1v) is 7.97. The minimum Gasteiger partial charge on any atom is -0.482 e. The lowest BCUT2D eigenvalue weighted by Crippen LogP contribution is -2.41. The molecular weight excluding hydrogens is 336 g/mol. The molecule has 0 saturated carbocycles. The van der Waals surface area contributed by atoms with Crippen molar-refractivity contribution in [3.8, 4) is 5.75 Å². The van der Waals surface area contributed by atoms with E-state index in [-0.39, 0.29) is 18.6 Å². The van der Waals surface area contributed by atoms with Gasteiger partial charge in [0.15, 0.2) is 6.61 Å². The molecule has 3 N–H and O–H groups in total. The summed E-state index contributed by atoms with van der Waals surface area (Å²) < 4.78 is 11.8. The van der Waals surface area contributed by atoms with Crippen molar-refractivity contribution in [1.82, 2.24) is 5.32 Å². The number of benzene rings is 1. The Morgan fingerprint density at radius 1 is 1.43 bits per heavy atom. The van der Waals surface area contributed by atoms with Gasteiger partial charge in [0.2, 0.25) is 0 Å². The molecular formula is C15H21BrN2O3. The summed E-state index contributed by atoms with van der Waals surface area (Å²) in [5.41, 5.74) is 6.60. The lowest BCUT2D eigenvalue weighted by Gasteiger charge is -2.23. The smallest absolute Gasteiger partial charge is 0.258 e. The van der Waals surface area contributed by atoms with Gasteiger partial charge < -0.3 is 20.5 Å². The van der Waals surface area contributed by atoms with E-state index < -0.39 is 0 Å². The molecule has 21 heavy (non-hydrogen) atoms. The summed E-state index contributed by atoms with van der Waals surface area (Å²) in [5, 5.41) is 2.98. The molecule has 2 rings (SSSR count).